The van der Waals surface area contributed by atoms with Crippen LogP contribution in [0.3, 0.4) is 0 Å². The third-order valence-corrected chi connectivity index (χ3v) is 4.69. The van der Waals surface area contributed by atoms with Crippen molar-refractivity contribution in [3.63, 3.8) is 0 Å². The lowest BCUT2D eigenvalue weighted by Gasteiger charge is -2.28. The van der Waals surface area contributed by atoms with E-state index in [1.165, 1.54) is 0 Å². The van der Waals surface area contributed by atoms with Crippen LogP contribution in [0.5, 0.6) is 0 Å². The molecule has 0 radical (unpaired) electrons. The van der Waals surface area contributed by atoms with Crippen LogP contribution in [0.15, 0.2) is 4.99 Å². The van der Waals surface area contributed by atoms with Crippen LogP contribution in [0.25, 0.3) is 0 Å². The Hall–Kier alpha value is -0.420. The van der Waals surface area contributed by atoms with Gasteiger partial charge in [0.15, 0.2) is 5.96 Å². The zero-order chi connectivity index (χ0) is 13.0. The first-order chi connectivity index (χ1) is 8.68. The van der Waals surface area contributed by atoms with Crippen molar-refractivity contribution in [3.05, 3.63) is 0 Å². The predicted octanol–water partition coefficient (Wildman–Crippen LogP) is 1.41. The second kappa shape index (κ2) is 6.66. The molecule has 0 saturated carbocycles. The summed E-state index contributed by atoms with van der Waals surface area (Å²) < 4.78 is 5.78. The maximum Gasteiger partial charge on any atom is 0.191 e. The van der Waals surface area contributed by atoms with Gasteiger partial charge in [-0.1, -0.05) is 13.8 Å². The van der Waals surface area contributed by atoms with Gasteiger partial charge >= 0.3 is 0 Å². The Labute approximate surface area is 114 Å². The number of ether oxygens (including phenoxy) is 1. The van der Waals surface area contributed by atoms with Crippen LogP contribution in [0.4, 0.5) is 0 Å². The van der Waals surface area contributed by atoms with Gasteiger partial charge in [-0.15, -0.1) is 0 Å². The maximum absolute atomic E-state index is 6.07. The maximum atomic E-state index is 6.07. The number of guanidine groups is 1. The first kappa shape index (κ1) is 14.0. The quantitative estimate of drug-likeness (QED) is 0.623. The highest BCUT2D eigenvalue weighted by Gasteiger charge is 2.30. The Kier molecular flexibility index (Phi) is 5.18. The summed E-state index contributed by atoms with van der Waals surface area (Å²) in [6, 6.07) is 0. The number of hydrogen-bond donors (Lipinski definition) is 1. The molecule has 2 rings (SSSR count). The number of thioether (sulfide) groups is 1. The number of aliphatic imine (C=N–C) groups is 1. The van der Waals surface area contributed by atoms with Crippen molar-refractivity contribution >= 4 is 17.7 Å². The van der Waals surface area contributed by atoms with Crippen molar-refractivity contribution in [2.75, 3.05) is 37.7 Å². The predicted molar refractivity (Wildman–Crippen MR) is 78.1 cm³/mol. The molecule has 5 heteroatoms. The third kappa shape index (κ3) is 3.54. The van der Waals surface area contributed by atoms with Crippen molar-refractivity contribution in [2.45, 2.75) is 26.4 Å². The molecule has 2 heterocycles. The molecule has 0 bridgehead atoms. The summed E-state index contributed by atoms with van der Waals surface area (Å²) >= 11 is 1.99. The molecule has 4 nitrogen and oxygen atoms in total. The molecular formula is C13H25N3OS. The van der Waals surface area contributed by atoms with Crippen LogP contribution in [-0.4, -0.2) is 54.7 Å². The second-order valence-electron chi connectivity index (χ2n) is 5.43. The third-order valence-electron chi connectivity index (χ3n) is 3.74. The molecule has 2 atom stereocenters. The van der Waals surface area contributed by atoms with E-state index in [2.05, 4.69) is 23.7 Å². The van der Waals surface area contributed by atoms with Crippen LogP contribution in [0.2, 0.25) is 0 Å². The monoisotopic (exact) mass is 271 g/mol. The molecule has 0 aromatic rings. The Morgan fingerprint density at radius 3 is 2.83 bits per heavy atom. The molecule has 0 aliphatic carbocycles. The fraction of sp³-hybridized carbons (Fsp3) is 0.923. The highest BCUT2D eigenvalue weighted by atomic mass is 32.2. The van der Waals surface area contributed by atoms with Gasteiger partial charge in [0, 0.05) is 43.7 Å². The van der Waals surface area contributed by atoms with Crippen molar-refractivity contribution in [3.8, 4) is 0 Å². The molecule has 0 spiro atoms. The minimum atomic E-state index is 0.360. The van der Waals surface area contributed by atoms with Gasteiger partial charge in [-0.3, -0.25) is 4.99 Å². The van der Waals surface area contributed by atoms with Crippen LogP contribution < -0.4 is 5.73 Å². The van der Waals surface area contributed by atoms with E-state index in [0.29, 0.717) is 17.9 Å². The summed E-state index contributed by atoms with van der Waals surface area (Å²) in [6.07, 6.45) is 1.48. The van der Waals surface area contributed by atoms with Crippen LogP contribution >= 0.6 is 11.8 Å². The molecule has 2 N–H and O–H groups in total. The van der Waals surface area contributed by atoms with Gasteiger partial charge in [-0.25, -0.2) is 0 Å². The van der Waals surface area contributed by atoms with Crippen molar-refractivity contribution < 1.29 is 4.74 Å². The molecule has 2 fully saturated rings. The van der Waals surface area contributed by atoms with Crippen molar-refractivity contribution in [1.29, 1.82) is 0 Å². The molecule has 2 aliphatic rings. The highest BCUT2D eigenvalue weighted by Crippen LogP contribution is 2.26. The molecule has 18 heavy (non-hydrogen) atoms. The molecule has 104 valence electrons. The van der Waals surface area contributed by atoms with E-state index in [1.54, 1.807) is 0 Å². The summed E-state index contributed by atoms with van der Waals surface area (Å²) in [5.41, 5.74) is 6.07. The van der Waals surface area contributed by atoms with Gasteiger partial charge < -0.3 is 15.4 Å². The van der Waals surface area contributed by atoms with E-state index in [1.807, 2.05) is 11.8 Å². The van der Waals surface area contributed by atoms with E-state index in [9.17, 15) is 0 Å². The molecule has 0 aromatic heterocycles. The van der Waals surface area contributed by atoms with E-state index in [4.69, 9.17) is 10.5 Å². The Morgan fingerprint density at radius 2 is 2.17 bits per heavy atom. The number of nitrogens with two attached hydrogens (primary N) is 1. The smallest absolute Gasteiger partial charge is 0.191 e. The van der Waals surface area contributed by atoms with Crippen LogP contribution in [-0.2, 0) is 4.74 Å². The summed E-state index contributed by atoms with van der Waals surface area (Å²) in [4.78, 5) is 6.80. The fourth-order valence-electron chi connectivity index (χ4n) is 2.69. The summed E-state index contributed by atoms with van der Waals surface area (Å²) in [6.45, 7) is 8.21. The second-order valence-corrected chi connectivity index (χ2v) is 6.65. The average Bonchev–Trinajstić information content (AvgIpc) is 2.85. The topological polar surface area (TPSA) is 50.9 Å². The molecule has 2 unspecified atom stereocenters. The van der Waals surface area contributed by atoms with Crippen LogP contribution in [0, 0.1) is 11.8 Å². The van der Waals surface area contributed by atoms with E-state index >= 15 is 0 Å². The van der Waals surface area contributed by atoms with E-state index in [-0.39, 0.29) is 0 Å². The van der Waals surface area contributed by atoms with Gasteiger partial charge in [-0.2, -0.15) is 11.8 Å². The zero-order valence-electron chi connectivity index (χ0n) is 11.5. The summed E-state index contributed by atoms with van der Waals surface area (Å²) in [7, 11) is 0. The van der Waals surface area contributed by atoms with Gasteiger partial charge in [0.25, 0.3) is 0 Å². The van der Waals surface area contributed by atoms with Gasteiger partial charge in [0.05, 0.1) is 6.10 Å². The number of nitrogens with zero attached hydrogens (tertiary/aromatic N) is 2. The first-order valence-corrected chi connectivity index (χ1v) is 8.08. The van der Waals surface area contributed by atoms with E-state index < -0.39 is 0 Å². The zero-order valence-corrected chi connectivity index (χ0v) is 12.3. The summed E-state index contributed by atoms with van der Waals surface area (Å²) in [5, 5.41) is 0. The lowest BCUT2D eigenvalue weighted by Crippen LogP contribution is -2.43. The van der Waals surface area contributed by atoms with Gasteiger partial charge in [-0.05, 0) is 12.3 Å². The SMILES string of the molecule is CC(C)C1OCCC1CN=C(N)N1CCSCC1. The minimum Gasteiger partial charge on any atom is -0.378 e. The average molecular weight is 271 g/mol. The van der Waals surface area contributed by atoms with Crippen molar-refractivity contribution in [2.24, 2.45) is 22.6 Å². The van der Waals surface area contributed by atoms with Gasteiger partial charge in [0.2, 0.25) is 0 Å². The van der Waals surface area contributed by atoms with Crippen molar-refractivity contribution in [1.82, 2.24) is 4.90 Å². The molecular weight excluding hydrogens is 246 g/mol. The lowest BCUT2D eigenvalue weighted by atomic mass is 9.93. The van der Waals surface area contributed by atoms with Gasteiger partial charge in [0.1, 0.15) is 0 Å². The number of rotatable bonds is 3. The highest BCUT2D eigenvalue weighted by molar-refractivity contribution is 7.99. The Bertz CT molecular complexity index is 290. The molecule has 2 aliphatic heterocycles. The molecule has 0 aromatic carbocycles. The fourth-order valence-corrected chi connectivity index (χ4v) is 3.59. The largest absolute Gasteiger partial charge is 0.378 e. The normalized spacial score (nSPS) is 30.2. The summed E-state index contributed by atoms with van der Waals surface area (Å²) in [5.74, 6) is 4.17. The number of hydrogen-bond acceptors (Lipinski definition) is 3. The lowest BCUT2D eigenvalue weighted by molar-refractivity contribution is 0.0558. The Balaban J connectivity index is 1.85. The Morgan fingerprint density at radius 1 is 1.44 bits per heavy atom. The van der Waals surface area contributed by atoms with E-state index in [0.717, 1.165) is 50.1 Å². The molecule has 0 amide bonds. The molecule has 2 saturated heterocycles. The van der Waals surface area contributed by atoms with Crippen LogP contribution in [0.1, 0.15) is 20.3 Å². The minimum absolute atomic E-state index is 0.360. The first-order valence-electron chi connectivity index (χ1n) is 6.92. The standard InChI is InChI=1S/C13H25N3OS/c1-10(2)12-11(3-6-17-12)9-15-13(14)16-4-7-18-8-5-16/h10-12H,3-9H2,1-2H3,(H2,14,15).